The zero-order valence-electron chi connectivity index (χ0n) is 8.66. The summed E-state index contributed by atoms with van der Waals surface area (Å²) in [4.78, 5) is 12.8. The molecule has 0 heterocycles. The van der Waals surface area contributed by atoms with Gasteiger partial charge in [-0.25, -0.2) is 0 Å². The number of methoxy groups -OCH3 is 2. The van der Waals surface area contributed by atoms with Gasteiger partial charge in [-0.2, -0.15) is 0 Å². The second-order valence-electron chi connectivity index (χ2n) is 2.87. The Labute approximate surface area is 79.1 Å². The minimum Gasteiger partial charge on any atom is -0.354 e. The average Bonchev–Trinajstić information content (AvgIpc) is 2.12. The molecule has 0 saturated carbocycles. The molecule has 0 aliphatic heterocycles. The zero-order chi connectivity index (χ0) is 10.4. The average molecular weight is 187 g/mol. The molecule has 0 rings (SSSR count). The summed E-state index contributed by atoms with van der Waals surface area (Å²) >= 11 is 0. The summed E-state index contributed by atoms with van der Waals surface area (Å²) in [6.07, 6.45) is -0.381. The molecule has 0 unspecified atom stereocenters. The van der Waals surface area contributed by atoms with E-state index < -0.39 is 0 Å². The molecule has 0 aliphatic carbocycles. The van der Waals surface area contributed by atoms with E-state index in [9.17, 15) is 4.79 Å². The maximum absolute atomic E-state index is 11.3. The number of amides is 1. The Morgan fingerprint density at radius 3 is 2.23 bits per heavy atom. The van der Waals surface area contributed by atoms with E-state index in [1.54, 1.807) is 14.0 Å². The van der Waals surface area contributed by atoms with Crippen LogP contribution in [0.2, 0.25) is 0 Å². The predicted molar refractivity (Wildman–Crippen MR) is 50.3 cm³/mol. The van der Waals surface area contributed by atoms with E-state index in [4.69, 9.17) is 9.47 Å². The topological polar surface area (TPSA) is 38.8 Å². The fourth-order valence-corrected chi connectivity index (χ4v) is 0.878. The Balaban J connectivity index is 4.05. The lowest BCUT2D eigenvalue weighted by molar-refractivity contribution is -0.139. The van der Waals surface area contributed by atoms with E-state index in [1.807, 2.05) is 0 Å². The molecule has 0 bridgehead atoms. The zero-order valence-corrected chi connectivity index (χ0v) is 8.66. The van der Waals surface area contributed by atoms with Crippen LogP contribution < -0.4 is 0 Å². The van der Waals surface area contributed by atoms with Crippen LogP contribution in [0.3, 0.4) is 0 Å². The quantitative estimate of drug-likeness (QED) is 0.468. The highest BCUT2D eigenvalue weighted by Crippen LogP contribution is 1.99. The third-order valence-electron chi connectivity index (χ3n) is 1.66. The van der Waals surface area contributed by atoms with Crippen LogP contribution in [0.25, 0.3) is 0 Å². The van der Waals surface area contributed by atoms with Gasteiger partial charge in [0.05, 0.1) is 6.54 Å². The molecule has 0 aliphatic rings. The number of rotatable bonds is 5. The molecule has 1 amide bonds. The number of likely N-dealkylation sites (N-methyl/N-ethyl adjacent to an activating group) is 1. The highest BCUT2D eigenvalue weighted by Gasteiger charge is 2.14. The lowest BCUT2D eigenvalue weighted by atomic mass is 10.3. The van der Waals surface area contributed by atoms with Crippen LogP contribution >= 0.6 is 0 Å². The standard InChI is InChI=1S/C9H17NO3/c1-7(2)9(11)10(3)6-8(12-4)13-5/h8H,1,6H2,2-5H3. The van der Waals surface area contributed by atoms with E-state index in [1.165, 1.54) is 19.1 Å². The van der Waals surface area contributed by atoms with Gasteiger partial charge in [-0.1, -0.05) is 6.58 Å². The molecule has 4 nitrogen and oxygen atoms in total. The number of hydrogen-bond donors (Lipinski definition) is 0. The first-order valence-corrected chi connectivity index (χ1v) is 3.99. The summed E-state index contributed by atoms with van der Waals surface area (Å²) in [6, 6.07) is 0. The SMILES string of the molecule is C=C(C)C(=O)N(C)CC(OC)OC. The molecule has 0 saturated heterocycles. The molecule has 0 fully saturated rings. The minimum absolute atomic E-state index is 0.0981. The number of ether oxygens (including phenoxy) is 2. The number of carbonyl (C=O) groups excluding carboxylic acids is 1. The lowest BCUT2D eigenvalue weighted by Gasteiger charge is -2.22. The van der Waals surface area contributed by atoms with E-state index in [0.717, 1.165) is 0 Å². The van der Waals surface area contributed by atoms with Crippen molar-refractivity contribution in [1.82, 2.24) is 4.90 Å². The fraction of sp³-hybridized carbons (Fsp3) is 0.667. The van der Waals surface area contributed by atoms with Crippen molar-refractivity contribution in [3.8, 4) is 0 Å². The molecule has 0 aromatic carbocycles. The van der Waals surface area contributed by atoms with Gasteiger partial charge in [-0.05, 0) is 6.92 Å². The van der Waals surface area contributed by atoms with Gasteiger partial charge in [0, 0.05) is 26.8 Å². The van der Waals surface area contributed by atoms with Crippen LogP contribution in [0, 0.1) is 0 Å². The number of hydrogen-bond acceptors (Lipinski definition) is 3. The van der Waals surface area contributed by atoms with Gasteiger partial charge in [-0.15, -0.1) is 0 Å². The van der Waals surface area contributed by atoms with Crippen molar-refractivity contribution >= 4 is 5.91 Å². The summed E-state index contributed by atoms with van der Waals surface area (Å²) in [6.45, 7) is 5.64. The van der Waals surface area contributed by atoms with Crippen LogP contribution in [-0.2, 0) is 14.3 Å². The van der Waals surface area contributed by atoms with Gasteiger partial charge in [0.15, 0.2) is 6.29 Å². The monoisotopic (exact) mass is 187 g/mol. The second kappa shape index (κ2) is 5.72. The maximum atomic E-state index is 11.3. The number of carbonyl (C=O) groups is 1. The molecule has 0 aromatic heterocycles. The number of nitrogens with zero attached hydrogens (tertiary/aromatic N) is 1. The van der Waals surface area contributed by atoms with Crippen molar-refractivity contribution in [3.05, 3.63) is 12.2 Å². The summed E-state index contributed by atoms with van der Waals surface area (Å²) in [5.41, 5.74) is 0.508. The van der Waals surface area contributed by atoms with Crippen molar-refractivity contribution in [2.45, 2.75) is 13.2 Å². The van der Waals surface area contributed by atoms with Crippen molar-refractivity contribution in [1.29, 1.82) is 0 Å². The van der Waals surface area contributed by atoms with Crippen molar-refractivity contribution in [3.63, 3.8) is 0 Å². The minimum atomic E-state index is -0.381. The summed E-state index contributed by atoms with van der Waals surface area (Å²) in [5, 5.41) is 0. The Kier molecular flexibility index (Phi) is 5.34. The predicted octanol–water partition coefficient (Wildman–Crippen LogP) is 0.640. The third kappa shape index (κ3) is 4.05. The van der Waals surface area contributed by atoms with Crippen molar-refractivity contribution in [2.24, 2.45) is 0 Å². The summed E-state index contributed by atoms with van der Waals surface area (Å²) < 4.78 is 9.91. The first-order valence-electron chi connectivity index (χ1n) is 3.99. The molecular formula is C9H17NO3. The van der Waals surface area contributed by atoms with E-state index >= 15 is 0 Å². The molecule has 0 radical (unpaired) electrons. The van der Waals surface area contributed by atoms with Crippen LogP contribution in [0.15, 0.2) is 12.2 Å². The van der Waals surface area contributed by atoms with E-state index in [-0.39, 0.29) is 12.2 Å². The van der Waals surface area contributed by atoms with Crippen molar-refractivity contribution < 1.29 is 14.3 Å². The van der Waals surface area contributed by atoms with Gasteiger partial charge in [-0.3, -0.25) is 4.79 Å². The molecule has 4 heteroatoms. The molecule has 0 spiro atoms. The Morgan fingerprint density at radius 1 is 1.46 bits per heavy atom. The van der Waals surface area contributed by atoms with E-state index in [0.29, 0.717) is 12.1 Å². The molecular weight excluding hydrogens is 170 g/mol. The Hall–Kier alpha value is -0.870. The molecule has 0 atom stereocenters. The van der Waals surface area contributed by atoms with Crippen LogP contribution in [0.4, 0.5) is 0 Å². The van der Waals surface area contributed by atoms with Crippen LogP contribution in [-0.4, -0.2) is 44.9 Å². The summed E-state index contributed by atoms with van der Waals surface area (Å²) in [5.74, 6) is -0.0981. The fourth-order valence-electron chi connectivity index (χ4n) is 0.878. The largest absolute Gasteiger partial charge is 0.354 e. The normalized spacial score (nSPS) is 10.2. The smallest absolute Gasteiger partial charge is 0.248 e. The van der Waals surface area contributed by atoms with Crippen molar-refractivity contribution in [2.75, 3.05) is 27.8 Å². The van der Waals surface area contributed by atoms with Gasteiger partial charge in [0.2, 0.25) is 5.91 Å². The molecule has 13 heavy (non-hydrogen) atoms. The lowest BCUT2D eigenvalue weighted by Crippen LogP contribution is -2.36. The summed E-state index contributed by atoms with van der Waals surface area (Å²) in [7, 11) is 4.75. The van der Waals surface area contributed by atoms with Gasteiger partial charge in [0.25, 0.3) is 0 Å². The molecule has 0 aromatic rings. The first kappa shape index (κ1) is 12.1. The highest BCUT2D eigenvalue weighted by atomic mass is 16.7. The second-order valence-corrected chi connectivity index (χ2v) is 2.87. The molecule has 76 valence electrons. The molecule has 0 N–H and O–H groups in total. The Bertz CT molecular complexity index is 187. The highest BCUT2D eigenvalue weighted by molar-refractivity contribution is 5.91. The van der Waals surface area contributed by atoms with Crippen LogP contribution in [0.1, 0.15) is 6.92 Å². The van der Waals surface area contributed by atoms with Crippen LogP contribution in [0.5, 0.6) is 0 Å². The van der Waals surface area contributed by atoms with E-state index in [2.05, 4.69) is 6.58 Å². The van der Waals surface area contributed by atoms with Gasteiger partial charge < -0.3 is 14.4 Å². The maximum Gasteiger partial charge on any atom is 0.248 e. The van der Waals surface area contributed by atoms with Gasteiger partial charge >= 0.3 is 0 Å². The first-order chi connectivity index (χ1) is 6.02. The van der Waals surface area contributed by atoms with Gasteiger partial charge in [0.1, 0.15) is 0 Å². The Morgan fingerprint density at radius 2 is 1.92 bits per heavy atom. The third-order valence-corrected chi connectivity index (χ3v) is 1.66.